The zero-order valence-electron chi connectivity index (χ0n) is 10.3. The molecule has 0 aromatic heterocycles. The zero-order valence-corrected chi connectivity index (χ0v) is 10.3. The fourth-order valence-corrected chi connectivity index (χ4v) is 2.32. The molecule has 1 heterocycles. The Bertz CT molecular complexity index is 422. The van der Waals surface area contributed by atoms with Gasteiger partial charge in [-0.1, -0.05) is 12.1 Å². The highest BCUT2D eigenvalue weighted by atomic mass is 15.3. The number of nitrogens with two attached hydrogens (primary N) is 2. The van der Waals surface area contributed by atoms with E-state index in [1.54, 1.807) is 0 Å². The van der Waals surface area contributed by atoms with E-state index in [2.05, 4.69) is 16.3 Å². The maximum atomic E-state index is 8.86. The number of nitrogens with zero attached hydrogens (tertiary/aromatic N) is 2. The predicted octanol–water partition coefficient (Wildman–Crippen LogP) is 0.414. The lowest BCUT2D eigenvalue weighted by atomic mass is 10.1. The standard InChI is InChI=1S/C13H19N5/c14-6-5-12-9-17-7-8-18(12)13(16)10-1-3-11(15)4-2-10/h1-4,12-13,17H,5,7-9,15-16H2. The van der Waals surface area contributed by atoms with Crippen LogP contribution in [0.25, 0.3) is 0 Å². The Kier molecular flexibility index (Phi) is 4.15. The third kappa shape index (κ3) is 2.79. The van der Waals surface area contributed by atoms with Crippen molar-refractivity contribution in [3.8, 4) is 6.07 Å². The van der Waals surface area contributed by atoms with Crippen LogP contribution in [0.5, 0.6) is 0 Å². The highest BCUT2D eigenvalue weighted by molar-refractivity contribution is 5.40. The molecular weight excluding hydrogens is 226 g/mol. The summed E-state index contributed by atoms with van der Waals surface area (Å²) in [4.78, 5) is 2.19. The van der Waals surface area contributed by atoms with Gasteiger partial charge in [-0.25, -0.2) is 0 Å². The Morgan fingerprint density at radius 3 is 2.83 bits per heavy atom. The molecule has 18 heavy (non-hydrogen) atoms. The van der Waals surface area contributed by atoms with Crippen molar-refractivity contribution in [3.63, 3.8) is 0 Å². The molecule has 0 amide bonds. The van der Waals surface area contributed by atoms with Crippen molar-refractivity contribution < 1.29 is 0 Å². The number of rotatable bonds is 3. The highest BCUT2D eigenvalue weighted by Gasteiger charge is 2.27. The first-order valence-corrected chi connectivity index (χ1v) is 6.17. The SMILES string of the molecule is N#CCC1CNCCN1C(N)c1ccc(N)cc1. The van der Waals surface area contributed by atoms with Gasteiger partial charge < -0.3 is 16.8 Å². The van der Waals surface area contributed by atoms with Gasteiger partial charge in [-0.05, 0) is 17.7 Å². The van der Waals surface area contributed by atoms with Crippen LogP contribution in [0.15, 0.2) is 24.3 Å². The number of piperazine rings is 1. The van der Waals surface area contributed by atoms with Crippen molar-refractivity contribution >= 4 is 5.69 Å². The summed E-state index contributed by atoms with van der Waals surface area (Å²) in [5, 5.41) is 12.2. The van der Waals surface area contributed by atoms with Crippen molar-refractivity contribution in [1.29, 1.82) is 5.26 Å². The van der Waals surface area contributed by atoms with Crippen LogP contribution in [0.1, 0.15) is 18.2 Å². The van der Waals surface area contributed by atoms with Crippen LogP contribution < -0.4 is 16.8 Å². The van der Waals surface area contributed by atoms with Crippen molar-refractivity contribution in [2.75, 3.05) is 25.4 Å². The van der Waals surface area contributed by atoms with Crippen molar-refractivity contribution in [1.82, 2.24) is 10.2 Å². The van der Waals surface area contributed by atoms with E-state index < -0.39 is 0 Å². The van der Waals surface area contributed by atoms with E-state index in [1.165, 1.54) is 0 Å². The molecule has 2 atom stereocenters. The maximum absolute atomic E-state index is 8.86. The highest BCUT2D eigenvalue weighted by Crippen LogP contribution is 2.21. The normalized spacial score (nSPS) is 22.3. The molecule has 1 aromatic rings. The van der Waals surface area contributed by atoms with E-state index in [0.717, 1.165) is 30.9 Å². The summed E-state index contributed by atoms with van der Waals surface area (Å²) < 4.78 is 0. The van der Waals surface area contributed by atoms with Gasteiger partial charge in [0.05, 0.1) is 18.7 Å². The molecule has 0 bridgehead atoms. The van der Waals surface area contributed by atoms with Gasteiger partial charge in [-0.15, -0.1) is 0 Å². The van der Waals surface area contributed by atoms with E-state index in [1.807, 2.05) is 24.3 Å². The Morgan fingerprint density at radius 2 is 2.17 bits per heavy atom. The van der Waals surface area contributed by atoms with E-state index in [0.29, 0.717) is 6.42 Å². The third-order valence-electron chi connectivity index (χ3n) is 3.36. The first-order chi connectivity index (χ1) is 8.72. The molecule has 2 unspecified atom stereocenters. The quantitative estimate of drug-likeness (QED) is 0.671. The van der Waals surface area contributed by atoms with Gasteiger partial charge in [0, 0.05) is 31.4 Å². The Morgan fingerprint density at radius 1 is 1.44 bits per heavy atom. The van der Waals surface area contributed by atoms with Crippen molar-refractivity contribution in [3.05, 3.63) is 29.8 Å². The van der Waals surface area contributed by atoms with Gasteiger partial charge in [0.2, 0.25) is 0 Å². The number of nitrogens with one attached hydrogen (secondary N) is 1. The molecule has 1 aliphatic heterocycles. The number of nitrogen functional groups attached to an aromatic ring is 1. The summed E-state index contributed by atoms with van der Waals surface area (Å²) in [6, 6.07) is 10.0. The van der Waals surface area contributed by atoms with E-state index >= 15 is 0 Å². The first-order valence-electron chi connectivity index (χ1n) is 6.17. The van der Waals surface area contributed by atoms with Crippen LogP contribution in [-0.2, 0) is 0 Å². The summed E-state index contributed by atoms with van der Waals surface area (Å²) >= 11 is 0. The van der Waals surface area contributed by atoms with Gasteiger partial charge in [0.15, 0.2) is 0 Å². The van der Waals surface area contributed by atoms with E-state index in [9.17, 15) is 0 Å². The summed E-state index contributed by atoms with van der Waals surface area (Å²) in [6.07, 6.45) is 0.321. The molecule has 2 rings (SSSR count). The lowest BCUT2D eigenvalue weighted by Gasteiger charge is -2.39. The maximum Gasteiger partial charge on any atom is 0.0839 e. The molecule has 0 radical (unpaired) electrons. The fourth-order valence-electron chi connectivity index (χ4n) is 2.32. The number of anilines is 1. The second-order valence-electron chi connectivity index (χ2n) is 4.57. The minimum absolute atomic E-state index is 0.175. The minimum atomic E-state index is -0.175. The summed E-state index contributed by atoms with van der Waals surface area (Å²) in [6.45, 7) is 2.58. The molecule has 1 aliphatic rings. The van der Waals surface area contributed by atoms with Crippen LogP contribution in [-0.4, -0.2) is 30.6 Å². The van der Waals surface area contributed by atoms with Gasteiger partial charge in [-0.2, -0.15) is 5.26 Å². The molecule has 0 saturated carbocycles. The van der Waals surface area contributed by atoms with Crippen LogP contribution in [0.2, 0.25) is 0 Å². The molecule has 5 nitrogen and oxygen atoms in total. The minimum Gasteiger partial charge on any atom is -0.399 e. The smallest absolute Gasteiger partial charge is 0.0839 e. The van der Waals surface area contributed by atoms with Gasteiger partial charge in [0.1, 0.15) is 0 Å². The fraction of sp³-hybridized carbons (Fsp3) is 0.462. The lowest BCUT2D eigenvalue weighted by molar-refractivity contribution is 0.111. The van der Waals surface area contributed by atoms with Crippen LogP contribution >= 0.6 is 0 Å². The Hall–Kier alpha value is -1.61. The van der Waals surface area contributed by atoms with Crippen LogP contribution in [0.3, 0.4) is 0 Å². The topological polar surface area (TPSA) is 91.1 Å². The largest absolute Gasteiger partial charge is 0.399 e. The summed E-state index contributed by atoms with van der Waals surface area (Å²) in [7, 11) is 0. The van der Waals surface area contributed by atoms with Gasteiger partial charge in [0.25, 0.3) is 0 Å². The molecular formula is C13H19N5. The summed E-state index contributed by atoms with van der Waals surface area (Å²) in [5.41, 5.74) is 13.7. The number of hydrogen-bond acceptors (Lipinski definition) is 5. The Balaban J connectivity index is 2.12. The van der Waals surface area contributed by atoms with Crippen LogP contribution in [0, 0.1) is 11.3 Å². The molecule has 96 valence electrons. The van der Waals surface area contributed by atoms with Gasteiger partial charge in [-0.3, -0.25) is 4.90 Å². The predicted molar refractivity (Wildman–Crippen MR) is 71.4 cm³/mol. The monoisotopic (exact) mass is 245 g/mol. The molecule has 5 N–H and O–H groups in total. The van der Waals surface area contributed by atoms with Crippen molar-refractivity contribution in [2.24, 2.45) is 5.73 Å². The Labute approximate surface area is 107 Å². The van der Waals surface area contributed by atoms with Crippen molar-refractivity contribution in [2.45, 2.75) is 18.6 Å². The summed E-state index contributed by atoms with van der Waals surface area (Å²) in [5.74, 6) is 0. The first kappa shape index (κ1) is 12.8. The lowest BCUT2D eigenvalue weighted by Crippen LogP contribution is -2.54. The van der Waals surface area contributed by atoms with Crippen LogP contribution in [0.4, 0.5) is 5.69 Å². The third-order valence-corrected chi connectivity index (χ3v) is 3.36. The van der Waals surface area contributed by atoms with E-state index in [4.69, 9.17) is 16.7 Å². The molecule has 1 fully saturated rings. The second-order valence-corrected chi connectivity index (χ2v) is 4.57. The molecule has 5 heteroatoms. The average Bonchev–Trinajstić information content (AvgIpc) is 2.40. The molecule has 1 aromatic carbocycles. The molecule has 1 saturated heterocycles. The van der Waals surface area contributed by atoms with Gasteiger partial charge >= 0.3 is 0 Å². The molecule has 0 aliphatic carbocycles. The number of hydrogen-bond donors (Lipinski definition) is 3. The second kappa shape index (κ2) is 5.83. The average molecular weight is 245 g/mol. The number of nitriles is 1. The van der Waals surface area contributed by atoms with E-state index in [-0.39, 0.29) is 12.2 Å². The number of benzene rings is 1. The zero-order chi connectivity index (χ0) is 13.0. The molecule has 0 spiro atoms.